The molecule has 2 N–H and O–H groups in total. The van der Waals surface area contributed by atoms with Crippen LogP contribution < -0.4 is 16.4 Å². The number of hydrogen-bond acceptors (Lipinski definition) is 4. The summed E-state index contributed by atoms with van der Waals surface area (Å²) >= 11 is 0. The molecule has 7 nitrogen and oxygen atoms in total. The molecule has 4 rings (SSSR count). The van der Waals surface area contributed by atoms with Crippen LogP contribution in [0.2, 0.25) is 0 Å². The monoisotopic (exact) mass is 359 g/mol. The first-order valence-corrected chi connectivity index (χ1v) is 8.57. The van der Waals surface area contributed by atoms with Crippen molar-refractivity contribution in [2.45, 2.75) is 6.92 Å². The molecule has 1 amide bonds. The van der Waals surface area contributed by atoms with Crippen LogP contribution in [0.4, 0.5) is 0 Å². The quantitative estimate of drug-likeness (QED) is 0.547. The number of nitrogens with zero attached hydrogens (tertiary/aromatic N) is 3. The van der Waals surface area contributed by atoms with Gasteiger partial charge in [0.2, 0.25) is 0 Å². The molecule has 0 saturated heterocycles. The van der Waals surface area contributed by atoms with Gasteiger partial charge in [-0.3, -0.25) is 24.0 Å². The van der Waals surface area contributed by atoms with E-state index in [1.54, 1.807) is 31.3 Å². The molecule has 0 unspecified atom stereocenters. The number of nitrogens with one attached hydrogen (secondary N) is 2. The van der Waals surface area contributed by atoms with E-state index in [4.69, 9.17) is 5.41 Å². The van der Waals surface area contributed by atoms with Gasteiger partial charge in [-0.05, 0) is 37.3 Å². The van der Waals surface area contributed by atoms with E-state index in [0.29, 0.717) is 23.5 Å². The lowest BCUT2D eigenvalue weighted by molar-refractivity contribution is 0.0953. The molecule has 3 aromatic heterocycles. The minimum Gasteiger partial charge on any atom is -0.352 e. The summed E-state index contributed by atoms with van der Waals surface area (Å²) in [6.45, 7) is 2.23. The van der Waals surface area contributed by atoms with Gasteiger partial charge in [-0.25, -0.2) is 4.98 Å². The predicted molar refractivity (Wildman–Crippen MR) is 102 cm³/mol. The average Bonchev–Trinajstić information content (AvgIpc) is 2.69. The minimum atomic E-state index is -0.397. The Morgan fingerprint density at radius 1 is 1.15 bits per heavy atom. The van der Waals surface area contributed by atoms with Gasteiger partial charge < -0.3 is 5.32 Å². The summed E-state index contributed by atoms with van der Waals surface area (Å²) in [5.41, 5.74) is 1.30. The third-order valence-electron chi connectivity index (χ3n) is 4.32. The number of amides is 1. The van der Waals surface area contributed by atoms with E-state index < -0.39 is 5.91 Å². The van der Waals surface area contributed by atoms with Crippen LogP contribution in [0.25, 0.3) is 22.4 Å². The topological polar surface area (TPSA) is 92.2 Å². The van der Waals surface area contributed by atoms with Crippen LogP contribution in [-0.4, -0.2) is 26.4 Å². The molecule has 4 aromatic rings. The van der Waals surface area contributed by atoms with Gasteiger partial charge >= 0.3 is 0 Å². The molecule has 27 heavy (non-hydrogen) atoms. The number of fused-ring (bicyclic) bond motifs is 2. The molecule has 0 radical (unpaired) electrons. The van der Waals surface area contributed by atoms with Crippen LogP contribution in [0, 0.1) is 5.41 Å². The highest BCUT2D eigenvalue weighted by atomic mass is 16.1. The smallest absolute Gasteiger partial charge is 0.267 e. The summed E-state index contributed by atoms with van der Waals surface area (Å²) < 4.78 is 2.97. The fraction of sp³-hybridized carbons (Fsp3) is 0.100. The van der Waals surface area contributed by atoms with Crippen LogP contribution in [0.1, 0.15) is 17.3 Å². The molecule has 7 heteroatoms. The third-order valence-corrected chi connectivity index (χ3v) is 4.32. The first kappa shape index (κ1) is 16.7. The van der Waals surface area contributed by atoms with Crippen LogP contribution in [-0.2, 0) is 0 Å². The van der Waals surface area contributed by atoms with E-state index in [-0.39, 0.29) is 22.0 Å². The zero-order valence-corrected chi connectivity index (χ0v) is 14.6. The zero-order chi connectivity index (χ0) is 19.0. The van der Waals surface area contributed by atoms with E-state index in [2.05, 4.69) is 10.3 Å². The van der Waals surface area contributed by atoms with Crippen molar-refractivity contribution in [2.24, 2.45) is 0 Å². The fourth-order valence-corrected chi connectivity index (χ4v) is 3.08. The highest BCUT2D eigenvalue weighted by Gasteiger charge is 2.17. The van der Waals surface area contributed by atoms with Gasteiger partial charge in [0, 0.05) is 18.4 Å². The van der Waals surface area contributed by atoms with Gasteiger partial charge in [0.05, 0.1) is 10.9 Å². The van der Waals surface area contributed by atoms with Gasteiger partial charge in [-0.15, -0.1) is 0 Å². The lowest BCUT2D eigenvalue weighted by Gasteiger charge is -2.14. The van der Waals surface area contributed by atoms with Gasteiger partial charge in [-0.2, -0.15) is 0 Å². The first-order valence-electron chi connectivity index (χ1n) is 8.57. The fourth-order valence-electron chi connectivity index (χ4n) is 3.08. The first-order chi connectivity index (χ1) is 13.1. The number of pyridine rings is 2. The summed E-state index contributed by atoms with van der Waals surface area (Å²) in [5, 5.41) is 11.6. The number of aromatic nitrogens is 3. The second kappa shape index (κ2) is 6.53. The molecular formula is C20H17N5O2. The summed E-state index contributed by atoms with van der Waals surface area (Å²) in [4.78, 5) is 30.1. The lowest BCUT2D eigenvalue weighted by Crippen LogP contribution is -2.34. The molecule has 0 aliphatic rings. The standard InChI is InChI=1S/C20H17N5O2/c1-2-22-19(26)14-12-15-18(23-16-10-6-7-11-24(16)20(15)27)25(17(14)21)13-8-4-3-5-9-13/h3-12,21H,2H2,1H3,(H,22,26). The molecule has 3 heterocycles. The van der Waals surface area contributed by atoms with E-state index in [9.17, 15) is 9.59 Å². The van der Waals surface area contributed by atoms with Gasteiger partial charge in [-0.1, -0.05) is 24.3 Å². The third kappa shape index (κ3) is 2.69. The Morgan fingerprint density at radius 3 is 2.63 bits per heavy atom. The van der Waals surface area contributed by atoms with Crippen molar-refractivity contribution in [3.8, 4) is 5.69 Å². The minimum absolute atomic E-state index is 0.0215. The van der Waals surface area contributed by atoms with Crippen molar-refractivity contribution >= 4 is 22.6 Å². The Balaban J connectivity index is 2.20. The summed E-state index contributed by atoms with van der Waals surface area (Å²) in [6.07, 6.45) is 1.64. The largest absolute Gasteiger partial charge is 0.352 e. The van der Waals surface area contributed by atoms with Crippen LogP contribution in [0.15, 0.2) is 65.6 Å². The zero-order valence-electron chi connectivity index (χ0n) is 14.6. The van der Waals surface area contributed by atoms with Crippen molar-refractivity contribution in [2.75, 3.05) is 6.54 Å². The van der Waals surface area contributed by atoms with E-state index in [1.165, 1.54) is 15.0 Å². The molecular weight excluding hydrogens is 342 g/mol. The summed E-state index contributed by atoms with van der Waals surface area (Å²) in [6, 6.07) is 15.9. The summed E-state index contributed by atoms with van der Waals surface area (Å²) in [5.74, 6) is -0.397. The highest BCUT2D eigenvalue weighted by molar-refractivity contribution is 5.97. The van der Waals surface area contributed by atoms with Crippen LogP contribution in [0.3, 0.4) is 0 Å². The number of benzene rings is 1. The lowest BCUT2D eigenvalue weighted by atomic mass is 10.1. The molecule has 0 fully saturated rings. The van der Waals surface area contributed by atoms with Crippen LogP contribution >= 0.6 is 0 Å². The number of carbonyl (C=O) groups is 1. The van der Waals surface area contributed by atoms with Crippen molar-refractivity contribution in [1.82, 2.24) is 19.3 Å². The van der Waals surface area contributed by atoms with Gasteiger partial charge in [0.25, 0.3) is 11.5 Å². The SMILES string of the molecule is CCNC(=O)c1cc2c(=O)n3ccccc3nc2n(-c2ccccc2)c1=N. The van der Waals surface area contributed by atoms with E-state index >= 15 is 0 Å². The van der Waals surface area contributed by atoms with Crippen LogP contribution in [0.5, 0.6) is 0 Å². The summed E-state index contributed by atoms with van der Waals surface area (Å²) in [7, 11) is 0. The maximum atomic E-state index is 13.0. The molecule has 0 spiro atoms. The Labute approximate surface area is 154 Å². The molecule has 0 saturated carbocycles. The van der Waals surface area contributed by atoms with E-state index in [0.717, 1.165) is 0 Å². The number of rotatable bonds is 3. The molecule has 1 aromatic carbocycles. The maximum Gasteiger partial charge on any atom is 0.267 e. The molecule has 0 bridgehead atoms. The Morgan fingerprint density at radius 2 is 1.89 bits per heavy atom. The van der Waals surface area contributed by atoms with Crippen molar-refractivity contribution in [1.29, 1.82) is 5.41 Å². The van der Waals surface area contributed by atoms with Gasteiger partial charge in [0.15, 0.2) is 5.65 Å². The number of para-hydroxylation sites is 1. The van der Waals surface area contributed by atoms with Crippen molar-refractivity contribution in [3.05, 3.63) is 82.2 Å². The number of hydrogen-bond donors (Lipinski definition) is 2. The average molecular weight is 359 g/mol. The molecule has 134 valence electrons. The van der Waals surface area contributed by atoms with Crippen molar-refractivity contribution < 1.29 is 4.79 Å². The highest BCUT2D eigenvalue weighted by Crippen LogP contribution is 2.15. The molecule has 0 atom stereocenters. The second-order valence-corrected chi connectivity index (χ2v) is 6.02. The Kier molecular flexibility index (Phi) is 4.04. The normalized spacial score (nSPS) is 11.0. The van der Waals surface area contributed by atoms with E-state index in [1.807, 2.05) is 30.3 Å². The Bertz CT molecular complexity index is 1290. The number of carbonyl (C=O) groups excluding carboxylic acids is 1. The predicted octanol–water partition coefficient (Wildman–Crippen LogP) is 1.87. The second-order valence-electron chi connectivity index (χ2n) is 6.02. The molecule has 0 aliphatic carbocycles. The maximum absolute atomic E-state index is 13.0. The van der Waals surface area contributed by atoms with Gasteiger partial charge in [0.1, 0.15) is 11.1 Å². The van der Waals surface area contributed by atoms with Crippen molar-refractivity contribution in [3.63, 3.8) is 0 Å². The Hall–Kier alpha value is -3.74. The molecule has 0 aliphatic heterocycles.